The molecule has 1 unspecified atom stereocenters. The zero-order valence-corrected chi connectivity index (χ0v) is 26.7. The Bertz CT molecular complexity index is 1100. The number of fused-ring (bicyclic) bond motifs is 1. The molecule has 3 aromatic carbocycles. The molecule has 0 aromatic heterocycles. The lowest BCUT2D eigenvalue weighted by Gasteiger charge is -2.38. The number of hydrogen-bond donors (Lipinski definition) is 0. The van der Waals surface area contributed by atoms with Crippen molar-refractivity contribution in [2.24, 2.45) is 5.92 Å². The van der Waals surface area contributed by atoms with Gasteiger partial charge in [0.05, 0.1) is 18.6 Å². The molecule has 3 nitrogen and oxygen atoms in total. The first kappa shape index (κ1) is 32.0. The first-order valence-electron chi connectivity index (χ1n) is 16.8. The van der Waals surface area contributed by atoms with Crippen LogP contribution in [0.1, 0.15) is 121 Å². The summed E-state index contributed by atoms with van der Waals surface area (Å²) in [4.78, 5) is 0. The Morgan fingerprint density at radius 1 is 0.595 bits per heavy atom. The van der Waals surface area contributed by atoms with Crippen molar-refractivity contribution in [3.8, 4) is 17.2 Å². The van der Waals surface area contributed by atoms with Gasteiger partial charge in [0.15, 0.2) is 0 Å². The van der Waals surface area contributed by atoms with E-state index in [4.69, 9.17) is 14.2 Å². The number of ether oxygens (including phenoxy) is 3. The molecule has 0 bridgehead atoms. The summed E-state index contributed by atoms with van der Waals surface area (Å²) in [5, 5.41) is 0. The van der Waals surface area contributed by atoms with Gasteiger partial charge < -0.3 is 14.2 Å². The fraction of sp³-hybridized carbons (Fsp3) is 0.538. The van der Waals surface area contributed by atoms with E-state index < -0.39 is 5.41 Å². The molecule has 0 N–H and O–H groups in total. The molecule has 1 heterocycles. The SMILES string of the molecule is CCCCCCCCOc1ccc(C2(c3ccc(OCCCCCCCC)cc3)c3ccccc3OC2C(C)C)cc1. The molecule has 42 heavy (non-hydrogen) atoms. The van der Waals surface area contributed by atoms with Gasteiger partial charge in [0.25, 0.3) is 0 Å². The summed E-state index contributed by atoms with van der Waals surface area (Å²) in [6.45, 7) is 10.6. The average molecular weight is 571 g/mol. The van der Waals surface area contributed by atoms with Gasteiger partial charge in [-0.25, -0.2) is 0 Å². The van der Waals surface area contributed by atoms with E-state index in [0.717, 1.165) is 43.3 Å². The summed E-state index contributed by atoms with van der Waals surface area (Å²) < 4.78 is 19.0. The highest BCUT2D eigenvalue weighted by Crippen LogP contribution is 2.54. The Morgan fingerprint density at radius 2 is 1.05 bits per heavy atom. The van der Waals surface area contributed by atoms with Gasteiger partial charge in [-0.05, 0) is 60.2 Å². The number of hydrogen-bond acceptors (Lipinski definition) is 3. The molecule has 1 aliphatic rings. The van der Waals surface area contributed by atoms with E-state index in [1.807, 2.05) is 0 Å². The first-order valence-corrected chi connectivity index (χ1v) is 16.8. The van der Waals surface area contributed by atoms with E-state index in [-0.39, 0.29) is 6.10 Å². The van der Waals surface area contributed by atoms with Crippen molar-refractivity contribution in [3.63, 3.8) is 0 Å². The Labute approximate surface area is 256 Å². The lowest BCUT2D eigenvalue weighted by atomic mass is 9.64. The summed E-state index contributed by atoms with van der Waals surface area (Å²) in [5.41, 5.74) is 3.28. The molecule has 228 valence electrons. The predicted molar refractivity (Wildman–Crippen MR) is 176 cm³/mol. The molecule has 0 amide bonds. The lowest BCUT2D eigenvalue weighted by Crippen LogP contribution is -2.43. The highest BCUT2D eigenvalue weighted by atomic mass is 16.5. The third-order valence-electron chi connectivity index (χ3n) is 8.75. The lowest BCUT2D eigenvalue weighted by molar-refractivity contribution is 0.135. The topological polar surface area (TPSA) is 27.7 Å². The van der Waals surface area contributed by atoms with Crippen molar-refractivity contribution >= 4 is 0 Å². The second-order valence-corrected chi connectivity index (χ2v) is 12.4. The van der Waals surface area contributed by atoms with Crippen LogP contribution in [0.5, 0.6) is 17.2 Å². The van der Waals surface area contributed by atoms with Gasteiger partial charge in [-0.3, -0.25) is 0 Å². The van der Waals surface area contributed by atoms with Crippen molar-refractivity contribution < 1.29 is 14.2 Å². The minimum absolute atomic E-state index is 0.0281. The zero-order valence-electron chi connectivity index (χ0n) is 26.7. The van der Waals surface area contributed by atoms with E-state index >= 15 is 0 Å². The zero-order chi connectivity index (χ0) is 29.6. The second-order valence-electron chi connectivity index (χ2n) is 12.4. The van der Waals surface area contributed by atoms with Gasteiger partial charge in [0, 0.05) is 5.56 Å². The largest absolute Gasteiger partial charge is 0.494 e. The van der Waals surface area contributed by atoms with Crippen LogP contribution in [-0.2, 0) is 5.41 Å². The maximum absolute atomic E-state index is 6.73. The predicted octanol–water partition coefficient (Wildman–Crippen LogP) is 10.9. The first-order chi connectivity index (χ1) is 20.6. The van der Waals surface area contributed by atoms with Crippen molar-refractivity contribution in [1.82, 2.24) is 0 Å². The fourth-order valence-corrected chi connectivity index (χ4v) is 6.49. The second kappa shape index (κ2) is 16.6. The van der Waals surface area contributed by atoms with Crippen LogP contribution in [0.4, 0.5) is 0 Å². The summed E-state index contributed by atoms with van der Waals surface area (Å²) in [7, 11) is 0. The Morgan fingerprint density at radius 3 is 1.52 bits per heavy atom. The number of rotatable bonds is 19. The molecule has 0 fully saturated rings. The van der Waals surface area contributed by atoms with Crippen molar-refractivity contribution in [1.29, 1.82) is 0 Å². The summed E-state index contributed by atoms with van der Waals surface area (Å²) in [6, 6.07) is 26.1. The number of benzene rings is 3. The molecule has 0 spiro atoms. The van der Waals surface area contributed by atoms with E-state index in [0.29, 0.717) is 5.92 Å². The molecule has 3 heteroatoms. The molecule has 3 aromatic rings. The van der Waals surface area contributed by atoms with Gasteiger partial charge >= 0.3 is 0 Å². The summed E-state index contributed by atoms with van der Waals surface area (Å²) in [5.74, 6) is 3.16. The van der Waals surface area contributed by atoms with Gasteiger partial charge in [0.2, 0.25) is 0 Å². The summed E-state index contributed by atoms with van der Waals surface area (Å²) in [6.07, 6.45) is 15.2. The van der Waals surface area contributed by atoms with Gasteiger partial charge in [-0.1, -0.05) is 134 Å². The molecule has 4 rings (SSSR count). The minimum Gasteiger partial charge on any atom is -0.494 e. The van der Waals surface area contributed by atoms with Crippen LogP contribution in [-0.4, -0.2) is 19.3 Å². The van der Waals surface area contributed by atoms with Gasteiger partial charge in [-0.15, -0.1) is 0 Å². The molecule has 0 aliphatic carbocycles. The molecule has 1 aliphatic heterocycles. The number of unbranched alkanes of at least 4 members (excludes halogenated alkanes) is 10. The fourth-order valence-electron chi connectivity index (χ4n) is 6.49. The monoisotopic (exact) mass is 570 g/mol. The average Bonchev–Trinajstić information content (AvgIpc) is 3.37. The third-order valence-corrected chi connectivity index (χ3v) is 8.75. The highest BCUT2D eigenvalue weighted by Gasteiger charge is 2.52. The molecule has 0 saturated heterocycles. The Kier molecular flexibility index (Phi) is 12.7. The van der Waals surface area contributed by atoms with E-state index in [2.05, 4.69) is 100 Å². The van der Waals surface area contributed by atoms with Crippen molar-refractivity contribution in [2.45, 2.75) is 116 Å². The maximum atomic E-state index is 6.73. The minimum atomic E-state index is -0.416. The van der Waals surface area contributed by atoms with Gasteiger partial charge in [-0.2, -0.15) is 0 Å². The maximum Gasteiger partial charge on any atom is 0.124 e. The van der Waals surface area contributed by atoms with Crippen LogP contribution in [0, 0.1) is 5.92 Å². The molecule has 0 radical (unpaired) electrons. The van der Waals surface area contributed by atoms with E-state index in [1.165, 1.54) is 80.9 Å². The van der Waals surface area contributed by atoms with Crippen molar-refractivity contribution in [3.05, 3.63) is 89.5 Å². The Hall–Kier alpha value is -2.94. The molecular formula is C39H54O3. The quantitative estimate of drug-likeness (QED) is 0.134. The Balaban J connectivity index is 1.52. The van der Waals surface area contributed by atoms with Crippen LogP contribution in [0.2, 0.25) is 0 Å². The van der Waals surface area contributed by atoms with Crippen LogP contribution >= 0.6 is 0 Å². The van der Waals surface area contributed by atoms with Crippen LogP contribution < -0.4 is 14.2 Å². The van der Waals surface area contributed by atoms with E-state index in [1.54, 1.807) is 0 Å². The van der Waals surface area contributed by atoms with Crippen LogP contribution in [0.3, 0.4) is 0 Å². The normalized spacial score (nSPS) is 15.4. The summed E-state index contributed by atoms with van der Waals surface area (Å²) >= 11 is 0. The van der Waals surface area contributed by atoms with Crippen molar-refractivity contribution in [2.75, 3.05) is 13.2 Å². The van der Waals surface area contributed by atoms with Gasteiger partial charge in [0.1, 0.15) is 23.4 Å². The van der Waals surface area contributed by atoms with Crippen LogP contribution in [0.25, 0.3) is 0 Å². The van der Waals surface area contributed by atoms with E-state index in [9.17, 15) is 0 Å². The third kappa shape index (κ3) is 7.91. The molecule has 0 saturated carbocycles. The number of para-hydroxylation sites is 1. The molecule has 1 atom stereocenters. The highest BCUT2D eigenvalue weighted by molar-refractivity contribution is 5.61. The molecular weight excluding hydrogens is 516 g/mol. The van der Waals surface area contributed by atoms with Crippen LogP contribution in [0.15, 0.2) is 72.8 Å². The standard InChI is InChI=1S/C39H54O3/c1-5-7-9-11-13-17-29-40-34-25-21-32(22-26-34)39(36-19-15-16-20-37(36)42-38(39)31(3)4)33-23-27-35(28-24-33)41-30-18-14-12-10-8-6-2/h15-16,19-28,31,38H,5-14,17-18,29-30H2,1-4H3. The smallest absolute Gasteiger partial charge is 0.124 e.